The summed E-state index contributed by atoms with van der Waals surface area (Å²) in [5.74, 6) is 2.71. The predicted molar refractivity (Wildman–Crippen MR) is 100 cm³/mol. The molecular formula is C22H35NO2. The van der Waals surface area contributed by atoms with E-state index in [9.17, 15) is 4.79 Å². The van der Waals surface area contributed by atoms with Crippen molar-refractivity contribution in [3.63, 3.8) is 0 Å². The number of carbonyl (C=O) groups is 1. The summed E-state index contributed by atoms with van der Waals surface area (Å²) in [6.45, 7) is 4.47. The fraction of sp³-hybridized carbons (Fsp3) is 0.864. The van der Waals surface area contributed by atoms with E-state index in [1.54, 1.807) is 0 Å². The van der Waals surface area contributed by atoms with E-state index in [1.807, 2.05) is 0 Å². The minimum atomic E-state index is 0.0864. The number of likely N-dealkylation sites (N-methyl/N-ethyl adjacent to an activating group) is 1. The van der Waals surface area contributed by atoms with Crippen molar-refractivity contribution in [2.45, 2.75) is 83.4 Å². The van der Waals surface area contributed by atoms with Crippen molar-refractivity contribution in [3.05, 3.63) is 12.2 Å². The third-order valence-electron chi connectivity index (χ3n) is 7.97. The molecule has 0 aromatic rings. The van der Waals surface area contributed by atoms with Crippen LogP contribution < -0.4 is 0 Å². The molecule has 0 bridgehead atoms. The summed E-state index contributed by atoms with van der Waals surface area (Å²) in [4.78, 5) is 14.9. The van der Waals surface area contributed by atoms with Crippen molar-refractivity contribution < 1.29 is 9.53 Å². The van der Waals surface area contributed by atoms with Gasteiger partial charge in [-0.15, -0.1) is 0 Å². The number of cyclic esters (lactones) is 1. The van der Waals surface area contributed by atoms with Gasteiger partial charge in [0.1, 0.15) is 6.10 Å². The molecule has 0 radical (unpaired) electrons. The highest BCUT2D eigenvalue weighted by molar-refractivity contribution is 5.75. The summed E-state index contributed by atoms with van der Waals surface area (Å²) >= 11 is 0. The second-order valence-corrected chi connectivity index (χ2v) is 9.24. The molecule has 0 N–H and O–H groups in total. The third-order valence-corrected chi connectivity index (χ3v) is 7.97. The number of esters is 1. The van der Waals surface area contributed by atoms with Crippen molar-refractivity contribution >= 4 is 5.97 Å². The molecule has 4 fully saturated rings. The molecule has 25 heavy (non-hydrogen) atoms. The van der Waals surface area contributed by atoms with Gasteiger partial charge in [0.15, 0.2) is 0 Å². The Balaban J connectivity index is 1.57. The average molecular weight is 346 g/mol. The van der Waals surface area contributed by atoms with Gasteiger partial charge < -0.3 is 4.74 Å². The van der Waals surface area contributed by atoms with Crippen LogP contribution in [0.15, 0.2) is 12.2 Å². The smallest absolute Gasteiger partial charge is 0.309 e. The highest BCUT2D eigenvalue weighted by atomic mass is 16.6. The van der Waals surface area contributed by atoms with Crippen molar-refractivity contribution in [1.29, 1.82) is 0 Å². The minimum Gasteiger partial charge on any atom is -0.462 e. The summed E-state index contributed by atoms with van der Waals surface area (Å²) < 4.78 is 5.69. The Kier molecular flexibility index (Phi) is 4.96. The molecule has 0 amide bonds. The maximum atomic E-state index is 12.4. The van der Waals surface area contributed by atoms with Gasteiger partial charge >= 0.3 is 5.97 Å². The lowest BCUT2D eigenvalue weighted by molar-refractivity contribution is -0.144. The number of rotatable bonds is 2. The van der Waals surface area contributed by atoms with Gasteiger partial charge in [0.25, 0.3) is 0 Å². The van der Waals surface area contributed by atoms with E-state index in [2.05, 4.69) is 37.9 Å². The van der Waals surface area contributed by atoms with Crippen LogP contribution in [0.1, 0.15) is 65.2 Å². The zero-order chi connectivity index (χ0) is 17.6. The molecule has 0 unspecified atom stereocenters. The number of carbonyl (C=O) groups excluding carboxylic acids is 1. The molecule has 0 spiro atoms. The van der Waals surface area contributed by atoms with Gasteiger partial charge in [0.2, 0.25) is 0 Å². The molecule has 4 aliphatic rings. The van der Waals surface area contributed by atoms with Gasteiger partial charge in [-0.25, -0.2) is 0 Å². The number of nitrogens with zero attached hydrogens (tertiary/aromatic N) is 1. The third kappa shape index (κ3) is 3.18. The first kappa shape index (κ1) is 17.6. The molecular weight excluding hydrogens is 310 g/mol. The first-order chi connectivity index (χ1) is 12.1. The van der Waals surface area contributed by atoms with E-state index in [-0.39, 0.29) is 18.0 Å². The summed E-state index contributed by atoms with van der Waals surface area (Å²) in [6, 6.07) is 1.25. The minimum absolute atomic E-state index is 0.0864. The number of likely N-dealkylation sites (tertiary alicyclic amines) is 1. The van der Waals surface area contributed by atoms with Crippen LogP contribution in [0.5, 0.6) is 0 Å². The Hall–Kier alpha value is -0.830. The first-order valence-electron chi connectivity index (χ1n) is 10.7. The van der Waals surface area contributed by atoms with Gasteiger partial charge in [0.05, 0.1) is 5.92 Å². The molecule has 2 aliphatic carbocycles. The molecule has 2 aliphatic heterocycles. The topological polar surface area (TPSA) is 29.5 Å². The molecule has 0 aromatic carbocycles. The van der Waals surface area contributed by atoms with Crippen LogP contribution in [0, 0.1) is 29.6 Å². The fourth-order valence-corrected chi connectivity index (χ4v) is 6.43. The Bertz CT molecular complexity index is 530. The number of hydrogen-bond acceptors (Lipinski definition) is 3. The normalized spacial score (nSPS) is 48.2. The highest BCUT2D eigenvalue weighted by Gasteiger charge is 2.53. The Labute approximate surface area is 153 Å². The molecule has 4 rings (SSSR count). The summed E-state index contributed by atoms with van der Waals surface area (Å²) in [6.07, 6.45) is 15.5. The monoisotopic (exact) mass is 345 g/mol. The van der Waals surface area contributed by atoms with Crippen molar-refractivity contribution in [1.82, 2.24) is 4.90 Å². The summed E-state index contributed by atoms with van der Waals surface area (Å²) in [5, 5.41) is 0. The van der Waals surface area contributed by atoms with Gasteiger partial charge in [-0.1, -0.05) is 37.8 Å². The van der Waals surface area contributed by atoms with E-state index < -0.39 is 0 Å². The predicted octanol–water partition coefficient (Wildman–Crippen LogP) is 4.42. The Morgan fingerprint density at radius 2 is 1.84 bits per heavy atom. The largest absolute Gasteiger partial charge is 0.462 e. The van der Waals surface area contributed by atoms with Gasteiger partial charge in [-0.3, -0.25) is 9.69 Å². The van der Waals surface area contributed by atoms with E-state index in [0.29, 0.717) is 23.9 Å². The van der Waals surface area contributed by atoms with E-state index in [0.717, 1.165) is 18.3 Å². The molecule has 140 valence electrons. The lowest BCUT2D eigenvalue weighted by atomic mass is 9.57. The zero-order valence-corrected chi connectivity index (χ0v) is 16.2. The van der Waals surface area contributed by atoms with Gasteiger partial charge in [0, 0.05) is 18.0 Å². The molecule has 3 nitrogen and oxygen atoms in total. The Morgan fingerprint density at radius 3 is 2.68 bits per heavy atom. The van der Waals surface area contributed by atoms with Crippen LogP contribution in [0.3, 0.4) is 0 Å². The summed E-state index contributed by atoms with van der Waals surface area (Å²) in [7, 11) is 2.27. The maximum Gasteiger partial charge on any atom is 0.309 e. The molecule has 0 aromatic heterocycles. The second kappa shape index (κ2) is 7.06. The second-order valence-electron chi connectivity index (χ2n) is 9.24. The van der Waals surface area contributed by atoms with Crippen molar-refractivity contribution in [2.75, 3.05) is 7.05 Å². The average Bonchev–Trinajstić information content (AvgIpc) is 2.89. The molecule has 2 saturated carbocycles. The van der Waals surface area contributed by atoms with Crippen LogP contribution in [0.2, 0.25) is 0 Å². The Morgan fingerprint density at radius 1 is 1.04 bits per heavy atom. The number of piperidine rings is 1. The number of fused-ring (bicyclic) bond motifs is 2. The van der Waals surface area contributed by atoms with Crippen molar-refractivity contribution in [2.24, 2.45) is 29.6 Å². The zero-order valence-electron chi connectivity index (χ0n) is 16.2. The van der Waals surface area contributed by atoms with E-state index >= 15 is 0 Å². The molecule has 8 atom stereocenters. The lowest BCUT2D eigenvalue weighted by Gasteiger charge is -2.46. The van der Waals surface area contributed by atoms with E-state index in [4.69, 9.17) is 4.74 Å². The molecule has 3 heteroatoms. The summed E-state index contributed by atoms with van der Waals surface area (Å²) in [5.41, 5.74) is 0. The maximum absolute atomic E-state index is 12.4. The van der Waals surface area contributed by atoms with Crippen LogP contribution in [-0.4, -0.2) is 36.1 Å². The lowest BCUT2D eigenvalue weighted by Crippen LogP contribution is -2.44. The van der Waals surface area contributed by atoms with Crippen LogP contribution in [0.4, 0.5) is 0 Å². The van der Waals surface area contributed by atoms with Crippen LogP contribution >= 0.6 is 0 Å². The number of ether oxygens (including phenoxy) is 1. The quantitative estimate of drug-likeness (QED) is 0.548. The molecule has 2 saturated heterocycles. The highest BCUT2D eigenvalue weighted by Crippen LogP contribution is 2.53. The first-order valence-corrected chi connectivity index (χ1v) is 10.7. The van der Waals surface area contributed by atoms with Gasteiger partial charge in [-0.2, -0.15) is 0 Å². The standard InChI is InChI=1S/C22H35NO2/c1-14-7-6-9-17(23(14)3)11-12-19-18-10-5-4-8-16(18)13-20-21(19)15(2)25-22(20)24/h11-12,14-21H,4-10,13H2,1-3H3/b12-11+/t14-,15+,16-,17+,18+,19+,20+,21-/m1/s1. The fourth-order valence-electron chi connectivity index (χ4n) is 6.43. The SMILES string of the molecule is C[C@@H]1OC(=O)[C@H]2C[C@H]3CCCC[C@@H]3[C@H](/C=C/[C@@H]3CCC[C@@H](C)N3C)[C@@H]12. The molecule has 2 heterocycles. The number of hydrogen-bond donors (Lipinski definition) is 0. The van der Waals surface area contributed by atoms with Gasteiger partial charge in [-0.05, 0) is 64.3 Å². The van der Waals surface area contributed by atoms with Crippen molar-refractivity contribution in [3.8, 4) is 0 Å². The van der Waals surface area contributed by atoms with E-state index in [1.165, 1.54) is 44.9 Å². The van der Waals surface area contributed by atoms with Crippen LogP contribution in [0.25, 0.3) is 0 Å². The number of allylic oxidation sites excluding steroid dienone is 1. The van der Waals surface area contributed by atoms with Crippen LogP contribution in [-0.2, 0) is 9.53 Å².